The second kappa shape index (κ2) is 14.7. The van der Waals surface area contributed by atoms with Gasteiger partial charge in [-0.25, -0.2) is 0 Å². The van der Waals surface area contributed by atoms with Crippen LogP contribution < -0.4 is 20.4 Å². The Labute approximate surface area is 214 Å². The van der Waals surface area contributed by atoms with Crippen molar-refractivity contribution in [2.45, 2.75) is 65.2 Å². The third kappa shape index (κ3) is 9.90. The maximum Gasteiger partial charge on any atom is 0.224 e. The Morgan fingerprint density at radius 3 is 1.17 bits per heavy atom. The lowest BCUT2D eigenvalue weighted by Gasteiger charge is -2.15. The van der Waals surface area contributed by atoms with Gasteiger partial charge in [0.1, 0.15) is 0 Å². The SMILES string of the molecule is CC(=O)N(C)c1ccc(NC(=O)CCCCCCCCC(=O)Nc2ccc(N(C)C(C)=O)cc2)cc1. The summed E-state index contributed by atoms with van der Waals surface area (Å²) in [6.45, 7) is 3.01. The highest BCUT2D eigenvalue weighted by molar-refractivity contribution is 5.94. The summed E-state index contributed by atoms with van der Waals surface area (Å²) in [5.41, 5.74) is 3.01. The van der Waals surface area contributed by atoms with Crippen LogP contribution in [0.4, 0.5) is 22.7 Å². The number of benzene rings is 2. The van der Waals surface area contributed by atoms with E-state index in [1.54, 1.807) is 48.2 Å². The Kier molecular flexibility index (Phi) is 11.6. The Hall–Kier alpha value is -3.68. The molecule has 2 N–H and O–H groups in total. The van der Waals surface area contributed by atoms with Gasteiger partial charge in [-0.05, 0) is 61.4 Å². The van der Waals surface area contributed by atoms with Gasteiger partial charge in [0.2, 0.25) is 23.6 Å². The Morgan fingerprint density at radius 1 is 0.556 bits per heavy atom. The van der Waals surface area contributed by atoms with E-state index in [1.165, 1.54) is 13.8 Å². The van der Waals surface area contributed by atoms with E-state index in [9.17, 15) is 19.2 Å². The molecule has 0 radical (unpaired) electrons. The molecule has 0 aliphatic carbocycles. The summed E-state index contributed by atoms with van der Waals surface area (Å²) in [4.78, 5) is 50.2. The number of rotatable bonds is 13. The van der Waals surface area contributed by atoms with Gasteiger partial charge >= 0.3 is 0 Å². The van der Waals surface area contributed by atoms with Gasteiger partial charge in [0.05, 0.1) is 0 Å². The molecule has 8 heteroatoms. The van der Waals surface area contributed by atoms with E-state index in [1.807, 2.05) is 24.3 Å². The van der Waals surface area contributed by atoms with Crippen LogP contribution in [0.15, 0.2) is 48.5 Å². The predicted molar refractivity (Wildman–Crippen MR) is 145 cm³/mol. The second-order valence-electron chi connectivity index (χ2n) is 8.97. The fourth-order valence-corrected chi connectivity index (χ4v) is 3.63. The molecule has 0 aromatic heterocycles. The minimum atomic E-state index is -0.0446. The first-order valence-corrected chi connectivity index (χ1v) is 12.5. The van der Waals surface area contributed by atoms with E-state index in [2.05, 4.69) is 10.6 Å². The van der Waals surface area contributed by atoms with E-state index in [0.29, 0.717) is 12.8 Å². The first-order valence-electron chi connectivity index (χ1n) is 12.5. The number of carbonyl (C=O) groups excluding carboxylic acids is 4. The lowest BCUT2D eigenvalue weighted by molar-refractivity contribution is -0.117. The first-order chi connectivity index (χ1) is 17.2. The highest BCUT2D eigenvalue weighted by atomic mass is 16.2. The molecule has 2 aromatic carbocycles. The van der Waals surface area contributed by atoms with Crippen LogP contribution in [0.2, 0.25) is 0 Å². The zero-order valence-corrected chi connectivity index (χ0v) is 21.8. The van der Waals surface area contributed by atoms with Crippen molar-refractivity contribution in [3.05, 3.63) is 48.5 Å². The van der Waals surface area contributed by atoms with Gasteiger partial charge in [-0.2, -0.15) is 0 Å². The Bertz CT molecular complexity index is 935. The van der Waals surface area contributed by atoms with Crippen LogP contribution >= 0.6 is 0 Å². The van der Waals surface area contributed by atoms with E-state index in [-0.39, 0.29) is 23.6 Å². The van der Waals surface area contributed by atoms with Crippen LogP contribution in [0.5, 0.6) is 0 Å². The molecule has 0 atom stereocenters. The molecule has 2 aromatic rings. The zero-order chi connectivity index (χ0) is 26.5. The number of hydrogen-bond acceptors (Lipinski definition) is 4. The third-order valence-corrected chi connectivity index (χ3v) is 6.08. The summed E-state index contributed by atoms with van der Waals surface area (Å²) >= 11 is 0. The van der Waals surface area contributed by atoms with Crippen molar-refractivity contribution < 1.29 is 19.2 Å². The molecule has 0 aliphatic rings. The van der Waals surface area contributed by atoms with Gasteiger partial charge in [-0.1, -0.05) is 25.7 Å². The summed E-state index contributed by atoms with van der Waals surface area (Å²) in [6, 6.07) is 14.4. The van der Waals surface area contributed by atoms with Crippen LogP contribution in [-0.2, 0) is 19.2 Å². The molecule has 4 amide bonds. The number of carbonyl (C=O) groups is 4. The summed E-state index contributed by atoms with van der Waals surface area (Å²) in [5, 5.41) is 5.78. The van der Waals surface area contributed by atoms with Crippen LogP contribution in [0, 0.1) is 0 Å². The van der Waals surface area contributed by atoms with Gasteiger partial charge in [-0.3, -0.25) is 19.2 Å². The number of hydrogen-bond donors (Lipinski definition) is 2. The molecule has 194 valence electrons. The lowest BCUT2D eigenvalue weighted by Crippen LogP contribution is -2.22. The molecule has 0 bridgehead atoms. The molecule has 36 heavy (non-hydrogen) atoms. The van der Waals surface area contributed by atoms with Crippen molar-refractivity contribution in [1.82, 2.24) is 0 Å². The van der Waals surface area contributed by atoms with Crippen LogP contribution in [0.1, 0.15) is 65.2 Å². The maximum absolute atomic E-state index is 12.1. The minimum absolute atomic E-state index is 0.0136. The number of unbranched alkanes of at least 4 members (excludes halogenated alkanes) is 5. The summed E-state index contributed by atoms with van der Waals surface area (Å²) in [7, 11) is 3.42. The van der Waals surface area contributed by atoms with E-state index in [0.717, 1.165) is 61.3 Å². The Morgan fingerprint density at radius 2 is 0.861 bits per heavy atom. The van der Waals surface area contributed by atoms with Crippen LogP contribution in [0.25, 0.3) is 0 Å². The number of nitrogens with one attached hydrogen (secondary N) is 2. The molecule has 0 fully saturated rings. The van der Waals surface area contributed by atoms with Crippen molar-refractivity contribution in [1.29, 1.82) is 0 Å². The van der Waals surface area contributed by atoms with E-state index < -0.39 is 0 Å². The average molecular weight is 495 g/mol. The topological polar surface area (TPSA) is 98.8 Å². The zero-order valence-electron chi connectivity index (χ0n) is 21.8. The molecule has 0 saturated carbocycles. The van der Waals surface area contributed by atoms with Crippen LogP contribution in [-0.4, -0.2) is 37.7 Å². The van der Waals surface area contributed by atoms with Crippen molar-refractivity contribution in [2.24, 2.45) is 0 Å². The maximum atomic E-state index is 12.1. The van der Waals surface area contributed by atoms with Crippen molar-refractivity contribution >= 4 is 46.4 Å². The number of anilines is 4. The quantitative estimate of drug-likeness (QED) is 0.367. The number of amides is 4. The van der Waals surface area contributed by atoms with E-state index >= 15 is 0 Å². The highest BCUT2D eigenvalue weighted by Gasteiger charge is 2.08. The van der Waals surface area contributed by atoms with Crippen molar-refractivity contribution in [3.63, 3.8) is 0 Å². The van der Waals surface area contributed by atoms with E-state index in [4.69, 9.17) is 0 Å². The van der Waals surface area contributed by atoms with Gasteiger partial charge < -0.3 is 20.4 Å². The lowest BCUT2D eigenvalue weighted by atomic mass is 10.1. The monoisotopic (exact) mass is 494 g/mol. The highest BCUT2D eigenvalue weighted by Crippen LogP contribution is 2.19. The molecule has 0 aliphatic heterocycles. The van der Waals surface area contributed by atoms with Gasteiger partial charge in [0.15, 0.2) is 0 Å². The van der Waals surface area contributed by atoms with Crippen molar-refractivity contribution in [3.8, 4) is 0 Å². The third-order valence-electron chi connectivity index (χ3n) is 6.08. The predicted octanol–water partition coefficient (Wildman–Crippen LogP) is 5.35. The molecule has 0 heterocycles. The number of nitrogens with zero attached hydrogens (tertiary/aromatic N) is 2. The van der Waals surface area contributed by atoms with Crippen molar-refractivity contribution in [2.75, 3.05) is 34.5 Å². The average Bonchev–Trinajstić information content (AvgIpc) is 2.85. The standard InChI is InChI=1S/C28H38N4O4/c1-21(33)31(3)25-17-13-23(14-18-25)29-27(35)11-9-7-5-6-8-10-12-28(36)30-24-15-19-26(20-16-24)32(4)22(2)34/h13-20H,5-12H2,1-4H3,(H,29,35)(H,30,36). The largest absolute Gasteiger partial charge is 0.326 e. The summed E-state index contributed by atoms with van der Waals surface area (Å²) in [5.74, 6) is -0.116. The smallest absolute Gasteiger partial charge is 0.224 e. The fourth-order valence-electron chi connectivity index (χ4n) is 3.63. The normalized spacial score (nSPS) is 10.4. The van der Waals surface area contributed by atoms with Gasteiger partial charge in [0, 0.05) is 63.5 Å². The first kappa shape index (κ1) is 28.6. The van der Waals surface area contributed by atoms with Crippen LogP contribution in [0.3, 0.4) is 0 Å². The summed E-state index contributed by atoms with van der Waals surface area (Å²) < 4.78 is 0. The molecule has 0 unspecified atom stereocenters. The Balaban J connectivity index is 1.53. The molecule has 2 rings (SSSR count). The molecule has 0 saturated heterocycles. The molecule has 8 nitrogen and oxygen atoms in total. The van der Waals surface area contributed by atoms with Gasteiger partial charge in [0.25, 0.3) is 0 Å². The van der Waals surface area contributed by atoms with Gasteiger partial charge in [-0.15, -0.1) is 0 Å². The summed E-state index contributed by atoms with van der Waals surface area (Å²) in [6.07, 6.45) is 6.61. The fraction of sp³-hybridized carbons (Fsp3) is 0.429. The molecule has 0 spiro atoms. The second-order valence-corrected chi connectivity index (χ2v) is 8.97. The molecular formula is C28H38N4O4. The minimum Gasteiger partial charge on any atom is -0.326 e. The molecular weight excluding hydrogens is 456 g/mol.